The molecule has 9 heteroatoms. The van der Waals surface area contributed by atoms with Crippen LogP contribution in [0.25, 0.3) is 11.1 Å². The van der Waals surface area contributed by atoms with E-state index in [1.807, 2.05) is 13.8 Å². The van der Waals surface area contributed by atoms with Crippen LogP contribution in [0.1, 0.15) is 32.3 Å². The van der Waals surface area contributed by atoms with Crippen molar-refractivity contribution >= 4 is 15.9 Å². The zero-order valence-electron chi connectivity index (χ0n) is 18.7. The monoisotopic (exact) mass is 480 g/mol. The molecule has 2 aromatic rings. The highest BCUT2D eigenvalue weighted by molar-refractivity contribution is 7.88. The predicted molar refractivity (Wildman–Crippen MR) is 119 cm³/mol. The van der Waals surface area contributed by atoms with Gasteiger partial charge in [0.2, 0.25) is 15.9 Å². The highest BCUT2D eigenvalue weighted by Gasteiger charge is 2.63. The Balaban J connectivity index is 1.60. The standard InChI is InChI=1S/C24H27F3N2O3S/c1-14(2)22(28-33(3,31)32)20-11-12-29(20)23(30)17-13-24(17,27)16-8-5-4-7-15(16)21-18(25)9-6-10-19(21)26/h4-10,14,17,20,22,28H,11-13H2,1-3H3/t17-,20-,22+,24+/m0/s1. The van der Waals surface area contributed by atoms with Crippen molar-refractivity contribution in [2.24, 2.45) is 11.8 Å². The maximum Gasteiger partial charge on any atom is 0.229 e. The topological polar surface area (TPSA) is 66.5 Å². The number of carbonyl (C=O) groups is 1. The molecule has 1 aliphatic carbocycles. The lowest BCUT2D eigenvalue weighted by molar-refractivity contribution is -0.143. The number of rotatable bonds is 7. The summed E-state index contributed by atoms with van der Waals surface area (Å²) in [7, 11) is -3.49. The summed E-state index contributed by atoms with van der Waals surface area (Å²) < 4.78 is 71.1. The molecule has 1 N–H and O–H groups in total. The molecule has 4 atom stereocenters. The Bertz CT molecular complexity index is 1170. The molecular weight excluding hydrogens is 453 g/mol. The van der Waals surface area contributed by atoms with E-state index in [1.165, 1.54) is 23.1 Å². The van der Waals surface area contributed by atoms with Gasteiger partial charge in [0.05, 0.1) is 17.7 Å². The van der Waals surface area contributed by atoms with Gasteiger partial charge < -0.3 is 4.90 Å². The van der Waals surface area contributed by atoms with E-state index < -0.39 is 45.2 Å². The van der Waals surface area contributed by atoms with Crippen LogP contribution in [0.3, 0.4) is 0 Å². The first kappa shape index (κ1) is 23.8. The minimum Gasteiger partial charge on any atom is -0.338 e. The summed E-state index contributed by atoms with van der Waals surface area (Å²) in [6.45, 7) is 4.13. The second-order valence-electron chi connectivity index (χ2n) is 9.31. The van der Waals surface area contributed by atoms with E-state index in [1.54, 1.807) is 12.1 Å². The lowest BCUT2D eigenvalue weighted by atomic mass is 9.87. The Morgan fingerprint density at radius 2 is 1.76 bits per heavy atom. The molecule has 2 aromatic carbocycles. The van der Waals surface area contributed by atoms with E-state index in [0.29, 0.717) is 13.0 Å². The van der Waals surface area contributed by atoms with E-state index in [9.17, 15) is 22.0 Å². The first-order chi connectivity index (χ1) is 15.4. The van der Waals surface area contributed by atoms with Gasteiger partial charge in [-0.1, -0.05) is 44.2 Å². The average molecular weight is 481 g/mol. The fraction of sp³-hybridized carbons (Fsp3) is 0.458. The summed E-state index contributed by atoms with van der Waals surface area (Å²) in [5.74, 6) is -3.06. The summed E-state index contributed by atoms with van der Waals surface area (Å²) in [5.41, 5.74) is -2.19. The predicted octanol–water partition coefficient (Wildman–Crippen LogP) is 3.99. The van der Waals surface area contributed by atoms with E-state index in [0.717, 1.165) is 18.4 Å². The zero-order chi connectivity index (χ0) is 24.1. The van der Waals surface area contributed by atoms with Gasteiger partial charge in [0, 0.05) is 25.0 Å². The first-order valence-electron chi connectivity index (χ1n) is 10.9. The molecular formula is C24H27F3N2O3S. The maximum absolute atomic E-state index is 16.0. The van der Waals surface area contributed by atoms with E-state index >= 15 is 4.39 Å². The second kappa shape index (κ2) is 8.43. The van der Waals surface area contributed by atoms with Crippen LogP contribution in [0.4, 0.5) is 13.2 Å². The van der Waals surface area contributed by atoms with Gasteiger partial charge in [-0.2, -0.15) is 0 Å². The molecule has 0 unspecified atom stereocenters. The van der Waals surface area contributed by atoms with Gasteiger partial charge in [0.1, 0.15) is 17.3 Å². The van der Waals surface area contributed by atoms with Gasteiger partial charge in [0.15, 0.2) is 0 Å². The SMILES string of the molecule is CC(C)[C@@H](NS(C)(=O)=O)[C@@H]1CCN1C(=O)[C@@H]1C[C@@]1(F)c1ccccc1-c1c(F)cccc1F. The number of amides is 1. The minimum atomic E-state index is -3.49. The van der Waals surface area contributed by atoms with Gasteiger partial charge in [-0.15, -0.1) is 0 Å². The minimum absolute atomic E-state index is 0.0700. The van der Waals surface area contributed by atoms with Crippen LogP contribution in [0.15, 0.2) is 42.5 Å². The number of hydrogen-bond acceptors (Lipinski definition) is 3. The van der Waals surface area contributed by atoms with Gasteiger partial charge >= 0.3 is 0 Å². The molecule has 2 aliphatic rings. The van der Waals surface area contributed by atoms with E-state index in [2.05, 4.69) is 4.72 Å². The van der Waals surface area contributed by atoms with Gasteiger partial charge in [-0.25, -0.2) is 26.3 Å². The van der Waals surface area contributed by atoms with Crippen LogP contribution >= 0.6 is 0 Å². The molecule has 1 aliphatic heterocycles. The molecule has 1 amide bonds. The van der Waals surface area contributed by atoms with Gasteiger partial charge in [0.25, 0.3) is 0 Å². The van der Waals surface area contributed by atoms with Crippen molar-refractivity contribution in [1.29, 1.82) is 0 Å². The van der Waals surface area contributed by atoms with Crippen LogP contribution in [-0.2, 0) is 20.5 Å². The third kappa shape index (κ3) is 4.40. The van der Waals surface area contributed by atoms with Crippen LogP contribution in [0.5, 0.6) is 0 Å². The molecule has 5 nitrogen and oxygen atoms in total. The summed E-state index contributed by atoms with van der Waals surface area (Å²) in [6.07, 6.45) is 1.59. The van der Waals surface area contributed by atoms with Crippen molar-refractivity contribution in [3.8, 4) is 11.1 Å². The normalized spacial score (nSPS) is 25.6. The number of nitrogens with zero attached hydrogens (tertiary/aromatic N) is 1. The summed E-state index contributed by atoms with van der Waals surface area (Å²) in [4.78, 5) is 14.8. The summed E-state index contributed by atoms with van der Waals surface area (Å²) in [5, 5.41) is 0. The van der Waals surface area contributed by atoms with E-state index in [-0.39, 0.29) is 35.1 Å². The number of halogens is 3. The number of benzene rings is 2. The van der Waals surface area contributed by atoms with Crippen LogP contribution in [0.2, 0.25) is 0 Å². The molecule has 1 saturated carbocycles. The lowest BCUT2D eigenvalue weighted by Crippen LogP contribution is -2.63. The largest absolute Gasteiger partial charge is 0.338 e. The van der Waals surface area contributed by atoms with E-state index in [4.69, 9.17) is 0 Å². The lowest BCUT2D eigenvalue weighted by Gasteiger charge is -2.47. The highest BCUT2D eigenvalue weighted by Crippen LogP contribution is 2.59. The summed E-state index contributed by atoms with van der Waals surface area (Å²) in [6, 6.07) is 8.69. The number of alkyl halides is 1. The summed E-state index contributed by atoms with van der Waals surface area (Å²) >= 11 is 0. The Hall–Kier alpha value is -2.39. The Kier molecular flexibility index (Phi) is 6.07. The Morgan fingerprint density at radius 1 is 1.12 bits per heavy atom. The quantitative estimate of drug-likeness (QED) is 0.652. The van der Waals surface area contributed by atoms with Crippen molar-refractivity contribution in [3.63, 3.8) is 0 Å². The third-order valence-corrected chi connectivity index (χ3v) is 7.33. The van der Waals surface area contributed by atoms with Crippen molar-refractivity contribution in [3.05, 3.63) is 59.7 Å². The van der Waals surface area contributed by atoms with Gasteiger partial charge in [-0.05, 0) is 35.6 Å². The molecule has 33 heavy (non-hydrogen) atoms. The van der Waals surface area contributed by atoms with Crippen LogP contribution in [-0.4, -0.2) is 44.1 Å². The van der Waals surface area contributed by atoms with Crippen molar-refractivity contribution in [1.82, 2.24) is 9.62 Å². The fourth-order valence-electron chi connectivity index (χ4n) is 4.80. The molecule has 0 aromatic heterocycles. The Morgan fingerprint density at radius 3 is 2.30 bits per heavy atom. The number of carbonyl (C=O) groups excluding carboxylic acids is 1. The molecule has 178 valence electrons. The zero-order valence-corrected chi connectivity index (χ0v) is 19.5. The second-order valence-corrected chi connectivity index (χ2v) is 11.1. The molecule has 1 saturated heterocycles. The van der Waals surface area contributed by atoms with Crippen molar-refractivity contribution in [2.75, 3.05) is 12.8 Å². The molecule has 2 fully saturated rings. The van der Waals surface area contributed by atoms with Gasteiger partial charge in [-0.3, -0.25) is 4.79 Å². The highest BCUT2D eigenvalue weighted by atomic mass is 32.2. The van der Waals surface area contributed by atoms with Crippen LogP contribution in [0, 0.1) is 23.5 Å². The third-order valence-electron chi connectivity index (χ3n) is 6.63. The molecule has 0 bridgehead atoms. The average Bonchev–Trinajstić information content (AvgIpc) is 3.39. The molecule has 0 radical (unpaired) electrons. The molecule has 1 heterocycles. The number of nitrogens with one attached hydrogen (secondary N) is 1. The van der Waals surface area contributed by atoms with Crippen molar-refractivity contribution < 1.29 is 26.4 Å². The smallest absolute Gasteiger partial charge is 0.229 e. The number of hydrogen-bond donors (Lipinski definition) is 1. The number of likely N-dealkylation sites (tertiary alicyclic amines) is 1. The van der Waals surface area contributed by atoms with Crippen molar-refractivity contribution in [2.45, 2.75) is 44.4 Å². The first-order valence-corrected chi connectivity index (χ1v) is 12.8. The maximum atomic E-state index is 16.0. The Labute approximate surface area is 192 Å². The van der Waals surface area contributed by atoms with Crippen LogP contribution < -0.4 is 4.72 Å². The number of sulfonamides is 1. The fourth-order valence-corrected chi connectivity index (χ4v) is 5.72. The molecule has 4 rings (SSSR count). The molecule has 0 spiro atoms.